The maximum atomic E-state index is 15.0. The molecule has 1 aromatic carbocycles. The number of hydrogen-bond acceptors (Lipinski definition) is 4. The van der Waals surface area contributed by atoms with Gasteiger partial charge in [-0.3, -0.25) is 9.59 Å². The lowest BCUT2D eigenvalue weighted by molar-refractivity contribution is 0.0947. The van der Waals surface area contributed by atoms with Gasteiger partial charge in [-0.15, -0.1) is 0 Å². The SMILES string of the molecule is CCn1cc(C(=O)NCC(C)C)c(=O)c2c(F)cc(N3CCN(C)CC3)cc21. The molecular formula is C21H29FN4O2. The van der Waals surface area contributed by atoms with Gasteiger partial charge in [-0.1, -0.05) is 13.8 Å². The lowest BCUT2D eigenvalue weighted by atomic mass is 10.1. The Labute approximate surface area is 164 Å². The number of nitrogens with zero attached hydrogens (tertiary/aromatic N) is 3. The number of halogens is 1. The zero-order valence-corrected chi connectivity index (χ0v) is 17.1. The minimum absolute atomic E-state index is 0.0127. The molecule has 2 heterocycles. The van der Waals surface area contributed by atoms with Crippen molar-refractivity contribution in [3.8, 4) is 0 Å². The first-order valence-corrected chi connectivity index (χ1v) is 9.90. The van der Waals surface area contributed by atoms with E-state index in [1.807, 2.05) is 26.8 Å². The highest BCUT2D eigenvalue weighted by atomic mass is 19.1. The van der Waals surface area contributed by atoms with E-state index in [2.05, 4.69) is 22.2 Å². The number of amides is 1. The normalized spacial score (nSPS) is 15.4. The molecule has 3 rings (SSSR count). The molecule has 152 valence electrons. The summed E-state index contributed by atoms with van der Waals surface area (Å²) in [5.74, 6) is -0.761. The molecule has 1 amide bonds. The van der Waals surface area contributed by atoms with Crippen molar-refractivity contribution in [1.82, 2.24) is 14.8 Å². The quantitative estimate of drug-likeness (QED) is 0.854. The predicted molar refractivity (Wildman–Crippen MR) is 111 cm³/mol. The number of piperazine rings is 1. The molecule has 0 bridgehead atoms. The van der Waals surface area contributed by atoms with Crippen molar-refractivity contribution in [2.75, 3.05) is 44.7 Å². The number of carbonyl (C=O) groups excluding carboxylic acids is 1. The van der Waals surface area contributed by atoms with Crippen LogP contribution in [0.4, 0.5) is 10.1 Å². The Kier molecular flexibility index (Phi) is 6.03. The Bertz CT molecular complexity index is 930. The van der Waals surface area contributed by atoms with Gasteiger partial charge in [0.25, 0.3) is 5.91 Å². The van der Waals surface area contributed by atoms with E-state index in [1.165, 1.54) is 6.07 Å². The van der Waals surface area contributed by atoms with E-state index in [-0.39, 0.29) is 16.9 Å². The number of benzene rings is 1. The van der Waals surface area contributed by atoms with Gasteiger partial charge < -0.3 is 19.7 Å². The third-order valence-corrected chi connectivity index (χ3v) is 5.24. The summed E-state index contributed by atoms with van der Waals surface area (Å²) >= 11 is 0. The molecule has 0 spiro atoms. The number of hydrogen-bond donors (Lipinski definition) is 1. The number of aromatic nitrogens is 1. The Morgan fingerprint density at radius 3 is 2.50 bits per heavy atom. The summed E-state index contributed by atoms with van der Waals surface area (Å²) in [6, 6.07) is 3.29. The molecule has 0 radical (unpaired) electrons. The van der Waals surface area contributed by atoms with Crippen LogP contribution in [0.25, 0.3) is 10.9 Å². The van der Waals surface area contributed by atoms with Gasteiger partial charge in [-0.25, -0.2) is 4.39 Å². The van der Waals surface area contributed by atoms with E-state index in [0.717, 1.165) is 31.9 Å². The third-order valence-electron chi connectivity index (χ3n) is 5.24. The molecule has 1 N–H and O–H groups in total. The molecule has 0 atom stereocenters. The monoisotopic (exact) mass is 388 g/mol. The second-order valence-electron chi connectivity index (χ2n) is 7.87. The Hall–Kier alpha value is -2.41. The number of pyridine rings is 1. The molecule has 28 heavy (non-hydrogen) atoms. The summed E-state index contributed by atoms with van der Waals surface area (Å²) in [7, 11) is 2.07. The van der Waals surface area contributed by atoms with Crippen LogP contribution in [0, 0.1) is 11.7 Å². The minimum Gasteiger partial charge on any atom is -0.369 e. The van der Waals surface area contributed by atoms with Crippen LogP contribution in [-0.4, -0.2) is 55.1 Å². The molecule has 0 saturated carbocycles. The van der Waals surface area contributed by atoms with Crippen LogP contribution < -0.4 is 15.6 Å². The van der Waals surface area contributed by atoms with Crippen LogP contribution in [0.2, 0.25) is 0 Å². The molecule has 1 aliphatic rings. The van der Waals surface area contributed by atoms with Crippen LogP contribution in [0.1, 0.15) is 31.1 Å². The molecule has 0 aliphatic carbocycles. The van der Waals surface area contributed by atoms with Crippen LogP contribution in [0.5, 0.6) is 0 Å². The van der Waals surface area contributed by atoms with E-state index in [4.69, 9.17) is 0 Å². The van der Waals surface area contributed by atoms with Crippen LogP contribution in [-0.2, 0) is 6.54 Å². The lowest BCUT2D eigenvalue weighted by Gasteiger charge is -2.34. The fraction of sp³-hybridized carbons (Fsp3) is 0.524. The van der Waals surface area contributed by atoms with Gasteiger partial charge in [-0.2, -0.15) is 0 Å². The number of aryl methyl sites for hydroxylation is 1. The zero-order valence-electron chi connectivity index (χ0n) is 17.1. The van der Waals surface area contributed by atoms with Crippen molar-refractivity contribution in [3.63, 3.8) is 0 Å². The lowest BCUT2D eigenvalue weighted by Crippen LogP contribution is -2.44. The van der Waals surface area contributed by atoms with Gasteiger partial charge >= 0.3 is 0 Å². The number of anilines is 1. The number of likely N-dealkylation sites (N-methyl/N-ethyl adjacent to an activating group) is 1. The van der Waals surface area contributed by atoms with Crippen LogP contribution in [0.3, 0.4) is 0 Å². The molecule has 2 aromatic rings. The number of fused-ring (bicyclic) bond motifs is 1. The van der Waals surface area contributed by atoms with E-state index in [9.17, 15) is 9.59 Å². The van der Waals surface area contributed by atoms with Crippen molar-refractivity contribution < 1.29 is 9.18 Å². The summed E-state index contributed by atoms with van der Waals surface area (Å²) in [5.41, 5.74) is 0.739. The Morgan fingerprint density at radius 1 is 1.21 bits per heavy atom. The average Bonchev–Trinajstić information content (AvgIpc) is 2.66. The molecule has 1 fully saturated rings. The van der Waals surface area contributed by atoms with Gasteiger partial charge in [0.2, 0.25) is 5.43 Å². The fourth-order valence-electron chi connectivity index (χ4n) is 3.51. The van der Waals surface area contributed by atoms with Crippen LogP contribution >= 0.6 is 0 Å². The predicted octanol–water partition coefficient (Wildman–Crippen LogP) is 2.30. The van der Waals surface area contributed by atoms with Crippen molar-refractivity contribution in [2.45, 2.75) is 27.3 Å². The van der Waals surface area contributed by atoms with Gasteiger partial charge in [0, 0.05) is 51.2 Å². The maximum Gasteiger partial charge on any atom is 0.256 e. The highest BCUT2D eigenvalue weighted by Gasteiger charge is 2.21. The second-order valence-corrected chi connectivity index (χ2v) is 7.87. The standard InChI is InChI=1S/C21H29FN4O2/c1-5-25-13-16(21(28)23-12-14(2)3)20(27)19-17(22)10-15(11-18(19)25)26-8-6-24(4)7-9-26/h10-11,13-14H,5-9,12H2,1-4H3,(H,23,28). The van der Waals surface area contributed by atoms with Gasteiger partial charge in [0.15, 0.2) is 0 Å². The first kappa shape index (κ1) is 20.3. The minimum atomic E-state index is -0.572. The molecule has 1 saturated heterocycles. The summed E-state index contributed by atoms with van der Waals surface area (Å²) in [5, 5.41) is 2.74. The van der Waals surface area contributed by atoms with Crippen LogP contribution in [0.15, 0.2) is 23.1 Å². The highest BCUT2D eigenvalue weighted by molar-refractivity contribution is 5.98. The van der Waals surface area contributed by atoms with Crippen molar-refractivity contribution in [1.29, 1.82) is 0 Å². The van der Waals surface area contributed by atoms with E-state index >= 15 is 4.39 Å². The second kappa shape index (κ2) is 8.31. The highest BCUT2D eigenvalue weighted by Crippen LogP contribution is 2.25. The van der Waals surface area contributed by atoms with Gasteiger partial charge in [0.1, 0.15) is 11.4 Å². The Balaban J connectivity index is 2.06. The van der Waals surface area contributed by atoms with E-state index in [1.54, 1.807) is 10.8 Å². The maximum absolute atomic E-state index is 15.0. The number of nitrogens with one attached hydrogen (secondary N) is 1. The topological polar surface area (TPSA) is 57.6 Å². The zero-order chi connectivity index (χ0) is 20.4. The van der Waals surface area contributed by atoms with Crippen molar-refractivity contribution in [2.24, 2.45) is 5.92 Å². The van der Waals surface area contributed by atoms with Gasteiger partial charge in [-0.05, 0) is 32.0 Å². The summed E-state index contributed by atoms with van der Waals surface area (Å²) < 4.78 is 16.8. The average molecular weight is 388 g/mol. The first-order chi connectivity index (χ1) is 13.3. The van der Waals surface area contributed by atoms with Gasteiger partial charge in [0.05, 0.1) is 10.9 Å². The molecule has 0 unspecified atom stereocenters. The summed E-state index contributed by atoms with van der Waals surface area (Å²) in [4.78, 5) is 29.7. The summed E-state index contributed by atoms with van der Waals surface area (Å²) in [6.45, 7) is 10.3. The van der Waals surface area contributed by atoms with E-state index < -0.39 is 17.2 Å². The molecule has 1 aromatic heterocycles. The van der Waals surface area contributed by atoms with E-state index in [0.29, 0.717) is 18.6 Å². The smallest absolute Gasteiger partial charge is 0.256 e. The van der Waals surface area contributed by atoms with Crippen molar-refractivity contribution >= 4 is 22.5 Å². The number of rotatable bonds is 5. The summed E-state index contributed by atoms with van der Waals surface area (Å²) in [6.07, 6.45) is 1.55. The molecular weight excluding hydrogens is 359 g/mol. The number of carbonyl (C=O) groups is 1. The largest absolute Gasteiger partial charge is 0.369 e. The molecule has 6 nitrogen and oxygen atoms in total. The third kappa shape index (κ3) is 4.04. The molecule has 1 aliphatic heterocycles. The fourth-order valence-corrected chi connectivity index (χ4v) is 3.51. The van der Waals surface area contributed by atoms with Crippen molar-refractivity contribution in [3.05, 3.63) is 39.9 Å². The Morgan fingerprint density at radius 2 is 1.89 bits per heavy atom. The molecule has 7 heteroatoms. The first-order valence-electron chi connectivity index (χ1n) is 9.90.